The number of thiophene rings is 1. The molecule has 1 aliphatic rings. The summed E-state index contributed by atoms with van der Waals surface area (Å²) in [6, 6.07) is 4.37. The summed E-state index contributed by atoms with van der Waals surface area (Å²) in [6.07, 6.45) is 2.62. The molecule has 0 spiro atoms. The first kappa shape index (κ1) is 12.1. The van der Waals surface area contributed by atoms with Gasteiger partial charge in [-0.15, -0.1) is 11.3 Å². The zero-order chi connectivity index (χ0) is 11.4. The van der Waals surface area contributed by atoms with E-state index in [1.165, 1.54) is 37.4 Å². The molecule has 1 aromatic heterocycles. The standard InChI is InChI=1S/C13H22N2S/c1-3-13(6-7-14-10-13)11-15(2)9-12-5-4-8-16-12/h4-5,8,14H,3,6-7,9-11H2,1-2H3. The van der Waals surface area contributed by atoms with Crippen LogP contribution in [0.1, 0.15) is 24.6 Å². The van der Waals surface area contributed by atoms with Gasteiger partial charge in [0.25, 0.3) is 0 Å². The molecule has 0 aliphatic carbocycles. The SMILES string of the molecule is CCC1(CN(C)Cc2cccs2)CCNC1. The van der Waals surface area contributed by atoms with Crippen molar-refractivity contribution in [3.8, 4) is 0 Å². The molecular formula is C13H22N2S. The van der Waals surface area contributed by atoms with Crippen molar-refractivity contribution in [2.24, 2.45) is 5.41 Å². The van der Waals surface area contributed by atoms with E-state index in [9.17, 15) is 0 Å². The lowest BCUT2D eigenvalue weighted by atomic mass is 9.84. The van der Waals surface area contributed by atoms with Crippen LogP contribution in [-0.4, -0.2) is 31.6 Å². The number of hydrogen-bond donors (Lipinski definition) is 1. The average molecular weight is 238 g/mol. The Morgan fingerprint density at radius 3 is 3.00 bits per heavy atom. The Morgan fingerprint density at radius 1 is 1.56 bits per heavy atom. The van der Waals surface area contributed by atoms with Gasteiger partial charge in [-0.1, -0.05) is 13.0 Å². The molecule has 1 aromatic rings. The van der Waals surface area contributed by atoms with Gasteiger partial charge >= 0.3 is 0 Å². The molecule has 0 aromatic carbocycles. The minimum atomic E-state index is 0.520. The monoisotopic (exact) mass is 238 g/mol. The van der Waals surface area contributed by atoms with Crippen molar-refractivity contribution < 1.29 is 0 Å². The van der Waals surface area contributed by atoms with Crippen LogP contribution in [0, 0.1) is 5.41 Å². The van der Waals surface area contributed by atoms with Gasteiger partial charge in [-0.25, -0.2) is 0 Å². The van der Waals surface area contributed by atoms with Gasteiger partial charge in [0, 0.05) is 24.5 Å². The molecule has 1 N–H and O–H groups in total. The number of nitrogens with one attached hydrogen (secondary N) is 1. The maximum Gasteiger partial charge on any atom is 0.0325 e. The van der Waals surface area contributed by atoms with Gasteiger partial charge in [0.05, 0.1) is 0 Å². The van der Waals surface area contributed by atoms with Gasteiger partial charge < -0.3 is 10.2 Å². The Morgan fingerprint density at radius 2 is 2.44 bits per heavy atom. The summed E-state index contributed by atoms with van der Waals surface area (Å²) < 4.78 is 0. The molecule has 2 heterocycles. The normalized spacial score (nSPS) is 25.4. The highest BCUT2D eigenvalue weighted by Crippen LogP contribution is 2.30. The molecular weight excluding hydrogens is 216 g/mol. The fourth-order valence-corrected chi connectivity index (χ4v) is 3.43. The zero-order valence-electron chi connectivity index (χ0n) is 10.3. The third kappa shape index (κ3) is 2.84. The average Bonchev–Trinajstić information content (AvgIpc) is 2.90. The van der Waals surface area contributed by atoms with E-state index in [4.69, 9.17) is 0 Å². The summed E-state index contributed by atoms with van der Waals surface area (Å²) in [7, 11) is 2.25. The Labute approximate surface area is 103 Å². The van der Waals surface area contributed by atoms with E-state index < -0.39 is 0 Å². The fraction of sp³-hybridized carbons (Fsp3) is 0.692. The minimum Gasteiger partial charge on any atom is -0.316 e. The van der Waals surface area contributed by atoms with Gasteiger partial charge in [-0.05, 0) is 43.3 Å². The number of nitrogens with zero attached hydrogens (tertiary/aromatic N) is 1. The zero-order valence-corrected chi connectivity index (χ0v) is 11.1. The van der Waals surface area contributed by atoms with Crippen LogP contribution in [0.15, 0.2) is 17.5 Å². The Kier molecular flexibility index (Phi) is 4.00. The van der Waals surface area contributed by atoms with Gasteiger partial charge in [0.1, 0.15) is 0 Å². The van der Waals surface area contributed by atoms with Crippen molar-refractivity contribution >= 4 is 11.3 Å². The van der Waals surface area contributed by atoms with Gasteiger partial charge in [0.2, 0.25) is 0 Å². The van der Waals surface area contributed by atoms with Gasteiger partial charge in [-0.3, -0.25) is 0 Å². The lowest BCUT2D eigenvalue weighted by Gasteiger charge is -2.31. The fourth-order valence-electron chi connectivity index (χ4n) is 2.64. The van der Waals surface area contributed by atoms with E-state index in [0.717, 1.165) is 6.54 Å². The molecule has 0 bridgehead atoms. The topological polar surface area (TPSA) is 15.3 Å². The highest BCUT2D eigenvalue weighted by atomic mass is 32.1. The molecule has 0 saturated carbocycles. The molecule has 90 valence electrons. The summed E-state index contributed by atoms with van der Waals surface area (Å²) in [5, 5.41) is 5.67. The van der Waals surface area contributed by atoms with E-state index in [2.05, 4.69) is 41.7 Å². The smallest absolute Gasteiger partial charge is 0.0325 e. The number of hydrogen-bond acceptors (Lipinski definition) is 3. The highest BCUT2D eigenvalue weighted by molar-refractivity contribution is 7.09. The molecule has 1 fully saturated rings. The van der Waals surface area contributed by atoms with E-state index in [0.29, 0.717) is 5.41 Å². The summed E-state index contributed by atoms with van der Waals surface area (Å²) in [6.45, 7) is 7.03. The van der Waals surface area contributed by atoms with E-state index in [1.807, 2.05) is 11.3 Å². The predicted octanol–water partition coefficient (Wildman–Crippen LogP) is 2.57. The molecule has 1 saturated heterocycles. The second kappa shape index (κ2) is 5.30. The van der Waals surface area contributed by atoms with Crippen LogP contribution >= 0.6 is 11.3 Å². The molecule has 3 heteroatoms. The summed E-state index contributed by atoms with van der Waals surface area (Å²) in [5.41, 5.74) is 0.520. The first-order valence-corrected chi connectivity index (χ1v) is 7.04. The third-order valence-electron chi connectivity index (χ3n) is 3.69. The van der Waals surface area contributed by atoms with Crippen molar-refractivity contribution in [2.45, 2.75) is 26.3 Å². The first-order chi connectivity index (χ1) is 7.74. The predicted molar refractivity (Wildman–Crippen MR) is 70.9 cm³/mol. The van der Waals surface area contributed by atoms with Gasteiger partial charge in [0.15, 0.2) is 0 Å². The van der Waals surface area contributed by atoms with Crippen LogP contribution in [0.3, 0.4) is 0 Å². The Balaban J connectivity index is 1.88. The molecule has 2 nitrogen and oxygen atoms in total. The van der Waals surface area contributed by atoms with Crippen LogP contribution < -0.4 is 5.32 Å². The second-order valence-electron chi connectivity index (χ2n) is 5.03. The van der Waals surface area contributed by atoms with E-state index in [-0.39, 0.29) is 0 Å². The summed E-state index contributed by atoms with van der Waals surface area (Å²) in [5.74, 6) is 0. The highest BCUT2D eigenvalue weighted by Gasteiger charge is 2.32. The Hall–Kier alpha value is -0.380. The van der Waals surface area contributed by atoms with E-state index >= 15 is 0 Å². The van der Waals surface area contributed by atoms with Crippen molar-refractivity contribution in [1.82, 2.24) is 10.2 Å². The summed E-state index contributed by atoms with van der Waals surface area (Å²) >= 11 is 1.86. The minimum absolute atomic E-state index is 0.520. The van der Waals surface area contributed by atoms with Gasteiger partial charge in [-0.2, -0.15) is 0 Å². The number of rotatable bonds is 5. The lowest BCUT2D eigenvalue weighted by molar-refractivity contribution is 0.180. The molecule has 2 rings (SSSR count). The quantitative estimate of drug-likeness (QED) is 0.848. The van der Waals surface area contributed by atoms with Crippen molar-refractivity contribution in [1.29, 1.82) is 0 Å². The van der Waals surface area contributed by atoms with E-state index in [1.54, 1.807) is 0 Å². The molecule has 1 unspecified atom stereocenters. The molecule has 0 radical (unpaired) electrons. The lowest BCUT2D eigenvalue weighted by Crippen LogP contribution is -2.36. The molecule has 16 heavy (non-hydrogen) atoms. The second-order valence-corrected chi connectivity index (χ2v) is 6.06. The first-order valence-electron chi connectivity index (χ1n) is 6.16. The maximum atomic E-state index is 3.50. The van der Waals surface area contributed by atoms with Crippen LogP contribution in [0.5, 0.6) is 0 Å². The summed E-state index contributed by atoms with van der Waals surface area (Å²) in [4.78, 5) is 3.95. The third-order valence-corrected chi connectivity index (χ3v) is 4.55. The molecule has 0 amide bonds. The van der Waals surface area contributed by atoms with Crippen molar-refractivity contribution in [3.63, 3.8) is 0 Å². The maximum absolute atomic E-state index is 3.50. The van der Waals surface area contributed by atoms with Crippen LogP contribution in [0.2, 0.25) is 0 Å². The molecule has 1 aliphatic heterocycles. The van der Waals surface area contributed by atoms with Crippen LogP contribution in [0.4, 0.5) is 0 Å². The Bertz CT molecular complexity index is 302. The van der Waals surface area contributed by atoms with Crippen molar-refractivity contribution in [3.05, 3.63) is 22.4 Å². The van der Waals surface area contributed by atoms with Crippen LogP contribution in [0.25, 0.3) is 0 Å². The van der Waals surface area contributed by atoms with Crippen molar-refractivity contribution in [2.75, 3.05) is 26.7 Å². The molecule has 1 atom stereocenters. The largest absolute Gasteiger partial charge is 0.316 e. The van der Waals surface area contributed by atoms with Crippen LogP contribution in [-0.2, 0) is 6.54 Å².